The summed E-state index contributed by atoms with van der Waals surface area (Å²) in [6.45, 7) is 5.11. The van der Waals surface area contributed by atoms with Crippen molar-refractivity contribution in [2.24, 2.45) is 0 Å². The summed E-state index contributed by atoms with van der Waals surface area (Å²) < 4.78 is 0. The summed E-state index contributed by atoms with van der Waals surface area (Å²) in [5.41, 5.74) is 7.64. The highest BCUT2D eigenvalue weighted by Gasteiger charge is 2.29. The molecule has 0 bridgehead atoms. The second-order valence-electron chi connectivity index (χ2n) is 8.85. The zero-order chi connectivity index (χ0) is 21.4. The molecular formula is C25H29ClN4O. The number of piperidine rings is 1. The summed E-state index contributed by atoms with van der Waals surface area (Å²) in [5.74, 6) is 0. The smallest absolute Gasteiger partial charge is 0.320 e. The van der Waals surface area contributed by atoms with Crippen molar-refractivity contribution < 1.29 is 4.79 Å². The van der Waals surface area contributed by atoms with E-state index in [0.717, 1.165) is 75.7 Å². The van der Waals surface area contributed by atoms with E-state index in [2.05, 4.69) is 30.1 Å². The Morgan fingerprint density at radius 3 is 2.39 bits per heavy atom. The number of hydrogen-bond acceptors (Lipinski definition) is 3. The van der Waals surface area contributed by atoms with E-state index in [1.807, 2.05) is 28.1 Å². The van der Waals surface area contributed by atoms with Gasteiger partial charge < -0.3 is 14.7 Å². The minimum absolute atomic E-state index is 0.198. The molecule has 0 saturated carbocycles. The van der Waals surface area contributed by atoms with Crippen LogP contribution in [0.4, 0.5) is 4.79 Å². The Morgan fingerprint density at radius 1 is 0.903 bits per heavy atom. The number of pyridine rings is 1. The monoisotopic (exact) mass is 436 g/mol. The summed E-state index contributed by atoms with van der Waals surface area (Å²) in [6, 6.07) is 10.7. The van der Waals surface area contributed by atoms with E-state index in [-0.39, 0.29) is 6.03 Å². The summed E-state index contributed by atoms with van der Waals surface area (Å²) in [5, 5.41) is 0.787. The highest BCUT2D eigenvalue weighted by molar-refractivity contribution is 6.30. The van der Waals surface area contributed by atoms with Crippen molar-refractivity contribution in [1.82, 2.24) is 19.7 Å². The average molecular weight is 437 g/mol. The van der Waals surface area contributed by atoms with Crippen LogP contribution in [-0.4, -0.2) is 72.0 Å². The Morgan fingerprint density at radius 2 is 1.61 bits per heavy atom. The Balaban J connectivity index is 1.43. The van der Waals surface area contributed by atoms with Crippen LogP contribution in [0.25, 0.3) is 5.57 Å². The summed E-state index contributed by atoms with van der Waals surface area (Å²) in [4.78, 5) is 24.2. The second-order valence-corrected chi connectivity index (χ2v) is 9.29. The molecule has 2 aliphatic heterocycles. The number of carbonyl (C=O) groups is 1. The van der Waals surface area contributed by atoms with Crippen LogP contribution in [0.15, 0.2) is 42.1 Å². The zero-order valence-corrected chi connectivity index (χ0v) is 18.9. The third-order valence-corrected chi connectivity index (χ3v) is 7.13. The lowest BCUT2D eigenvalue weighted by atomic mass is 9.88. The van der Waals surface area contributed by atoms with E-state index in [0.29, 0.717) is 0 Å². The lowest BCUT2D eigenvalue weighted by Gasteiger charge is -2.38. The number of amides is 2. The Hall–Kier alpha value is -2.37. The first-order valence-electron chi connectivity index (χ1n) is 11.3. The molecule has 0 unspecified atom stereocenters. The molecular weight excluding hydrogens is 408 g/mol. The van der Waals surface area contributed by atoms with E-state index in [9.17, 15) is 4.79 Å². The predicted molar refractivity (Wildman–Crippen MR) is 124 cm³/mol. The number of piperazine rings is 1. The minimum atomic E-state index is 0.198. The standard InChI is InChI=1S/C25H29ClN4O/c1-28-13-15-30(16-14-28)25(31)29-11-8-18(9-12-29)23-22-7-6-21(26)17-20(22)5-4-19-3-2-10-27-24(19)23/h2-3,6-7,10,17H,4-5,8-9,11-16H2,1H3. The number of halogens is 1. The molecule has 2 aromatic rings. The molecule has 6 heteroatoms. The molecule has 2 amide bonds. The number of urea groups is 1. The molecule has 162 valence electrons. The quantitative estimate of drug-likeness (QED) is 0.624. The van der Waals surface area contributed by atoms with Gasteiger partial charge in [-0.15, -0.1) is 0 Å². The number of carbonyl (C=O) groups excluding carboxylic acids is 1. The maximum Gasteiger partial charge on any atom is 0.320 e. The first-order valence-corrected chi connectivity index (χ1v) is 11.7. The van der Waals surface area contributed by atoms with Crippen LogP contribution in [0.5, 0.6) is 0 Å². The van der Waals surface area contributed by atoms with Gasteiger partial charge in [0.05, 0.1) is 5.69 Å². The van der Waals surface area contributed by atoms with Gasteiger partial charge in [0, 0.05) is 56.1 Å². The van der Waals surface area contributed by atoms with Gasteiger partial charge in [-0.3, -0.25) is 4.98 Å². The van der Waals surface area contributed by atoms with Crippen molar-refractivity contribution in [3.8, 4) is 0 Å². The van der Waals surface area contributed by atoms with Crippen LogP contribution < -0.4 is 0 Å². The summed E-state index contributed by atoms with van der Waals surface area (Å²) in [7, 11) is 2.12. The van der Waals surface area contributed by atoms with Gasteiger partial charge in [-0.2, -0.15) is 0 Å². The third-order valence-electron chi connectivity index (χ3n) is 6.89. The maximum atomic E-state index is 13.0. The molecule has 0 atom stereocenters. The minimum Gasteiger partial charge on any atom is -0.324 e. The van der Waals surface area contributed by atoms with E-state index >= 15 is 0 Å². The van der Waals surface area contributed by atoms with Gasteiger partial charge in [-0.25, -0.2) is 4.79 Å². The molecule has 2 fully saturated rings. The number of hydrogen-bond donors (Lipinski definition) is 0. The molecule has 5 rings (SSSR count). The normalized spacial score (nSPS) is 19.7. The van der Waals surface area contributed by atoms with Crippen molar-refractivity contribution in [3.05, 3.63) is 69.5 Å². The van der Waals surface area contributed by atoms with Gasteiger partial charge in [0.1, 0.15) is 0 Å². The number of likely N-dealkylation sites (tertiary alicyclic amines) is 1. The Kier molecular flexibility index (Phi) is 5.72. The number of rotatable bonds is 0. The predicted octanol–water partition coefficient (Wildman–Crippen LogP) is 4.10. The third kappa shape index (κ3) is 4.09. The lowest BCUT2D eigenvalue weighted by molar-refractivity contribution is 0.120. The van der Waals surface area contributed by atoms with E-state index in [4.69, 9.17) is 16.6 Å². The maximum absolute atomic E-state index is 13.0. The highest BCUT2D eigenvalue weighted by atomic mass is 35.5. The van der Waals surface area contributed by atoms with Gasteiger partial charge in [0.25, 0.3) is 0 Å². The van der Waals surface area contributed by atoms with Crippen molar-refractivity contribution in [2.75, 3.05) is 46.3 Å². The lowest BCUT2D eigenvalue weighted by Crippen LogP contribution is -2.52. The fourth-order valence-electron chi connectivity index (χ4n) is 5.05. The summed E-state index contributed by atoms with van der Waals surface area (Å²) >= 11 is 6.33. The number of aryl methyl sites for hydroxylation is 2. The molecule has 0 radical (unpaired) electrons. The Bertz CT molecular complexity index is 1020. The zero-order valence-electron chi connectivity index (χ0n) is 18.1. The number of fused-ring (bicyclic) bond motifs is 2. The van der Waals surface area contributed by atoms with Crippen molar-refractivity contribution >= 4 is 23.2 Å². The molecule has 3 aliphatic rings. The fraction of sp³-hybridized carbons (Fsp3) is 0.440. The molecule has 2 saturated heterocycles. The highest BCUT2D eigenvalue weighted by Crippen LogP contribution is 2.38. The van der Waals surface area contributed by atoms with Crippen LogP contribution in [-0.2, 0) is 12.8 Å². The number of aromatic nitrogens is 1. The van der Waals surface area contributed by atoms with Gasteiger partial charge in [0.15, 0.2) is 0 Å². The number of benzene rings is 1. The van der Waals surface area contributed by atoms with Crippen molar-refractivity contribution in [2.45, 2.75) is 25.7 Å². The Labute approximate surface area is 189 Å². The topological polar surface area (TPSA) is 39.7 Å². The van der Waals surface area contributed by atoms with E-state index < -0.39 is 0 Å². The van der Waals surface area contributed by atoms with Crippen LogP contribution >= 0.6 is 11.6 Å². The molecule has 3 heterocycles. The second kappa shape index (κ2) is 8.64. The van der Waals surface area contributed by atoms with Gasteiger partial charge >= 0.3 is 6.03 Å². The first kappa shape index (κ1) is 20.5. The molecule has 0 spiro atoms. The van der Waals surface area contributed by atoms with Crippen molar-refractivity contribution in [3.63, 3.8) is 0 Å². The molecule has 1 aromatic carbocycles. The van der Waals surface area contributed by atoms with Gasteiger partial charge in [-0.05, 0) is 67.6 Å². The fourth-order valence-corrected chi connectivity index (χ4v) is 5.24. The molecule has 0 N–H and O–H groups in total. The molecule has 1 aliphatic carbocycles. The number of likely N-dealkylation sites (N-methyl/N-ethyl adjacent to an activating group) is 1. The van der Waals surface area contributed by atoms with Crippen LogP contribution in [0.3, 0.4) is 0 Å². The average Bonchev–Trinajstić information content (AvgIpc) is 2.96. The van der Waals surface area contributed by atoms with E-state index in [1.165, 1.54) is 27.8 Å². The van der Waals surface area contributed by atoms with Crippen LogP contribution in [0, 0.1) is 0 Å². The number of nitrogens with zero attached hydrogens (tertiary/aromatic N) is 4. The van der Waals surface area contributed by atoms with E-state index in [1.54, 1.807) is 0 Å². The largest absolute Gasteiger partial charge is 0.324 e. The van der Waals surface area contributed by atoms with Crippen molar-refractivity contribution in [1.29, 1.82) is 0 Å². The van der Waals surface area contributed by atoms with Gasteiger partial charge in [-0.1, -0.05) is 29.3 Å². The molecule has 5 nitrogen and oxygen atoms in total. The summed E-state index contributed by atoms with van der Waals surface area (Å²) in [6.07, 6.45) is 5.63. The SMILES string of the molecule is CN1CCN(C(=O)N2CCC(=C3c4ccc(Cl)cc4CCc4cccnc43)CC2)CC1. The van der Waals surface area contributed by atoms with Crippen LogP contribution in [0.1, 0.15) is 35.2 Å². The molecule has 1 aromatic heterocycles. The van der Waals surface area contributed by atoms with Gasteiger partial charge in [0.2, 0.25) is 0 Å². The molecule has 31 heavy (non-hydrogen) atoms. The van der Waals surface area contributed by atoms with Crippen LogP contribution in [0.2, 0.25) is 5.02 Å². The first-order chi connectivity index (χ1) is 15.1.